The second kappa shape index (κ2) is 11.2. The second-order valence-electron chi connectivity index (χ2n) is 7.14. The summed E-state index contributed by atoms with van der Waals surface area (Å²) in [5.41, 5.74) is -1.08. The molecule has 0 aliphatic rings. The van der Waals surface area contributed by atoms with Gasteiger partial charge in [-0.3, -0.25) is 14.9 Å². The number of carbonyl (C=O) groups excluding carboxylic acids is 2. The molecule has 0 atom stereocenters. The third kappa shape index (κ3) is 4.89. The molecular weight excluding hydrogens is 476 g/mol. The Morgan fingerprint density at radius 3 is 2.19 bits per heavy atom. The van der Waals surface area contributed by atoms with E-state index in [1.807, 2.05) is 0 Å². The van der Waals surface area contributed by atoms with Crippen LogP contribution in [0.15, 0.2) is 30.3 Å². The van der Waals surface area contributed by atoms with Gasteiger partial charge in [-0.1, -0.05) is 17.3 Å². The van der Waals surface area contributed by atoms with Crippen molar-refractivity contribution in [3.8, 4) is 23.0 Å². The van der Waals surface area contributed by atoms with Gasteiger partial charge in [0.05, 0.1) is 46.5 Å². The highest BCUT2D eigenvalue weighted by Gasteiger charge is 2.36. The largest absolute Gasteiger partial charge is 0.497 e. The summed E-state index contributed by atoms with van der Waals surface area (Å²) in [6.45, 7) is 1.68. The number of benzene rings is 2. The Kier molecular flexibility index (Phi) is 8.04. The van der Waals surface area contributed by atoms with Crippen molar-refractivity contribution in [3.05, 3.63) is 63.0 Å². The second-order valence-corrected chi connectivity index (χ2v) is 7.14. The van der Waals surface area contributed by atoms with E-state index in [1.54, 1.807) is 31.2 Å². The first-order valence-corrected chi connectivity index (χ1v) is 10.6. The fourth-order valence-electron chi connectivity index (χ4n) is 3.50. The highest BCUT2D eigenvalue weighted by atomic mass is 16.6. The van der Waals surface area contributed by atoms with Crippen LogP contribution in [0.1, 0.15) is 39.0 Å². The first kappa shape index (κ1) is 25.9. The van der Waals surface area contributed by atoms with Gasteiger partial charge in [-0.05, 0) is 24.6 Å². The SMILES string of the molecule is CCOC(=O)c1c(C(=O)c2cc(OC)c(OC)c(OC)c2[N+](=O)[O-])nnn1Cc1ccc(OC)cc1. The minimum atomic E-state index is -0.954. The molecule has 36 heavy (non-hydrogen) atoms. The van der Waals surface area contributed by atoms with Gasteiger partial charge in [0, 0.05) is 6.07 Å². The van der Waals surface area contributed by atoms with Crippen LogP contribution >= 0.6 is 0 Å². The average molecular weight is 500 g/mol. The number of aromatic nitrogens is 3. The van der Waals surface area contributed by atoms with Gasteiger partial charge in [-0.2, -0.15) is 0 Å². The molecule has 0 bridgehead atoms. The van der Waals surface area contributed by atoms with Crippen LogP contribution in [0.4, 0.5) is 5.69 Å². The summed E-state index contributed by atoms with van der Waals surface area (Å²) in [6, 6.07) is 8.07. The monoisotopic (exact) mass is 500 g/mol. The van der Waals surface area contributed by atoms with Crippen LogP contribution in [0.25, 0.3) is 0 Å². The minimum absolute atomic E-state index is 0.00612. The van der Waals surface area contributed by atoms with Crippen molar-refractivity contribution in [2.45, 2.75) is 13.5 Å². The van der Waals surface area contributed by atoms with Crippen LogP contribution in [0, 0.1) is 10.1 Å². The van der Waals surface area contributed by atoms with Gasteiger partial charge in [0.25, 0.3) is 0 Å². The average Bonchev–Trinajstić information content (AvgIpc) is 3.30. The Balaban J connectivity index is 2.18. The molecule has 1 aromatic heterocycles. The molecule has 3 rings (SSSR count). The van der Waals surface area contributed by atoms with Crippen LogP contribution in [-0.4, -0.2) is 66.7 Å². The molecule has 0 unspecified atom stereocenters. The molecule has 2 aromatic carbocycles. The molecule has 0 aliphatic carbocycles. The normalized spacial score (nSPS) is 10.5. The summed E-state index contributed by atoms with van der Waals surface area (Å²) < 4.78 is 27.1. The third-order valence-electron chi connectivity index (χ3n) is 5.14. The molecule has 0 spiro atoms. The number of nitro groups is 1. The standard InChI is InChI=1S/C23H24N4O9/c1-6-36-23(29)19-17(24-25-26(19)12-13-7-9-14(32-2)10-8-13)20(28)15-11-16(33-3)21(34-4)22(35-5)18(15)27(30)31/h7-11H,6,12H2,1-5H3. The molecule has 0 saturated carbocycles. The van der Waals surface area contributed by atoms with E-state index in [0.29, 0.717) is 5.75 Å². The number of hydrogen-bond acceptors (Lipinski definition) is 11. The molecule has 0 radical (unpaired) electrons. The van der Waals surface area contributed by atoms with Crippen molar-refractivity contribution in [1.82, 2.24) is 15.0 Å². The molecule has 0 aliphatic heterocycles. The zero-order valence-corrected chi connectivity index (χ0v) is 20.3. The number of nitro benzene ring substituents is 1. The summed E-state index contributed by atoms with van der Waals surface area (Å²) in [5, 5.41) is 19.8. The van der Waals surface area contributed by atoms with E-state index >= 15 is 0 Å². The van der Waals surface area contributed by atoms with Crippen LogP contribution in [-0.2, 0) is 11.3 Å². The summed E-state index contributed by atoms with van der Waals surface area (Å²) >= 11 is 0. The Labute approximate surface area is 205 Å². The molecule has 190 valence electrons. The number of carbonyl (C=O) groups is 2. The zero-order valence-electron chi connectivity index (χ0n) is 20.3. The topological polar surface area (TPSA) is 154 Å². The van der Waals surface area contributed by atoms with E-state index in [-0.39, 0.29) is 36.1 Å². The molecule has 13 heteroatoms. The lowest BCUT2D eigenvalue weighted by Gasteiger charge is -2.14. The lowest BCUT2D eigenvalue weighted by molar-refractivity contribution is -0.386. The molecular formula is C23H24N4O9. The number of methoxy groups -OCH3 is 4. The minimum Gasteiger partial charge on any atom is -0.497 e. The first-order chi connectivity index (χ1) is 17.3. The number of esters is 1. The Hall–Kier alpha value is -4.68. The quantitative estimate of drug-likeness (QED) is 0.165. The van der Waals surface area contributed by atoms with Crippen LogP contribution in [0.2, 0.25) is 0 Å². The van der Waals surface area contributed by atoms with Crippen molar-refractivity contribution in [1.29, 1.82) is 0 Å². The molecule has 0 fully saturated rings. The predicted octanol–water partition coefficient (Wildman–Crippen LogP) is 2.68. The molecule has 1 heterocycles. The van der Waals surface area contributed by atoms with Crippen molar-refractivity contribution in [2.75, 3.05) is 35.0 Å². The van der Waals surface area contributed by atoms with E-state index in [0.717, 1.165) is 11.6 Å². The molecule has 0 saturated heterocycles. The van der Waals surface area contributed by atoms with E-state index in [9.17, 15) is 19.7 Å². The third-order valence-corrected chi connectivity index (χ3v) is 5.14. The zero-order chi connectivity index (χ0) is 26.4. The molecule has 0 amide bonds. The first-order valence-electron chi connectivity index (χ1n) is 10.6. The highest BCUT2D eigenvalue weighted by molar-refractivity contribution is 6.15. The van der Waals surface area contributed by atoms with Crippen molar-refractivity contribution in [2.24, 2.45) is 0 Å². The Bertz CT molecular complexity index is 1290. The maximum absolute atomic E-state index is 13.6. The maximum atomic E-state index is 13.6. The number of ether oxygens (including phenoxy) is 5. The number of ketones is 1. The van der Waals surface area contributed by atoms with Gasteiger partial charge in [-0.25, -0.2) is 9.48 Å². The Morgan fingerprint density at radius 2 is 1.67 bits per heavy atom. The molecule has 0 N–H and O–H groups in total. The molecule has 13 nitrogen and oxygen atoms in total. The summed E-state index contributed by atoms with van der Waals surface area (Å²) in [7, 11) is 5.29. The van der Waals surface area contributed by atoms with Crippen LogP contribution in [0.3, 0.4) is 0 Å². The Morgan fingerprint density at radius 1 is 1.00 bits per heavy atom. The van der Waals surface area contributed by atoms with Gasteiger partial charge < -0.3 is 23.7 Å². The lowest BCUT2D eigenvalue weighted by atomic mass is 10.0. The van der Waals surface area contributed by atoms with E-state index < -0.39 is 33.6 Å². The lowest BCUT2D eigenvalue weighted by Crippen LogP contribution is -2.18. The van der Waals surface area contributed by atoms with Gasteiger partial charge in [-0.15, -0.1) is 5.10 Å². The van der Waals surface area contributed by atoms with E-state index in [2.05, 4.69) is 10.3 Å². The van der Waals surface area contributed by atoms with Crippen molar-refractivity contribution in [3.63, 3.8) is 0 Å². The van der Waals surface area contributed by atoms with E-state index in [1.165, 1.54) is 33.1 Å². The number of nitrogens with zero attached hydrogens (tertiary/aromatic N) is 4. The van der Waals surface area contributed by atoms with E-state index in [4.69, 9.17) is 23.7 Å². The van der Waals surface area contributed by atoms with Crippen LogP contribution in [0.5, 0.6) is 23.0 Å². The van der Waals surface area contributed by atoms with Gasteiger partial charge >= 0.3 is 11.7 Å². The maximum Gasteiger partial charge on any atom is 0.359 e. The van der Waals surface area contributed by atoms with Crippen molar-refractivity contribution >= 4 is 17.4 Å². The number of rotatable bonds is 11. The summed E-state index contributed by atoms with van der Waals surface area (Å²) in [4.78, 5) is 37.6. The van der Waals surface area contributed by atoms with Crippen LogP contribution < -0.4 is 18.9 Å². The van der Waals surface area contributed by atoms with Gasteiger partial charge in [0.2, 0.25) is 17.3 Å². The van der Waals surface area contributed by atoms with Crippen molar-refractivity contribution < 1.29 is 38.2 Å². The van der Waals surface area contributed by atoms with Gasteiger partial charge in [0.1, 0.15) is 11.3 Å². The fourth-order valence-corrected chi connectivity index (χ4v) is 3.50. The smallest absolute Gasteiger partial charge is 0.359 e. The highest BCUT2D eigenvalue weighted by Crippen LogP contribution is 2.46. The summed E-state index contributed by atoms with van der Waals surface area (Å²) in [5.74, 6) is -1.58. The predicted molar refractivity (Wildman–Crippen MR) is 124 cm³/mol. The number of hydrogen-bond donors (Lipinski definition) is 0. The fraction of sp³-hybridized carbons (Fsp3) is 0.304. The van der Waals surface area contributed by atoms with Gasteiger partial charge in [0.15, 0.2) is 17.1 Å². The molecule has 3 aromatic rings. The summed E-state index contributed by atoms with van der Waals surface area (Å²) in [6.07, 6.45) is 0.